The molecule has 0 spiro atoms. The standard InChI is InChI=1S/C16H19N3O4S/c1-4-8-15(19-24(21,22)13(5-2)6-3)17-10-11-18-16(20)14-9-7-12-23-14/h2,4,6-7,9,12-13H,1,3,8,10-11H2,(H,17,19)(H,18,20). The first kappa shape index (κ1) is 19.3. The first-order chi connectivity index (χ1) is 11.4. The molecule has 0 aliphatic heterocycles. The SMILES string of the molecule is C#CC(C=C)S(=O)(=O)NC(CC=C)=NCCNC(=O)c1ccco1. The van der Waals surface area contributed by atoms with Crippen molar-refractivity contribution in [2.24, 2.45) is 4.99 Å². The number of rotatable bonds is 9. The van der Waals surface area contributed by atoms with Gasteiger partial charge in [0, 0.05) is 13.0 Å². The van der Waals surface area contributed by atoms with Gasteiger partial charge in [-0.15, -0.1) is 19.6 Å². The van der Waals surface area contributed by atoms with Crippen LogP contribution in [-0.2, 0) is 10.0 Å². The van der Waals surface area contributed by atoms with E-state index in [0.717, 1.165) is 6.08 Å². The van der Waals surface area contributed by atoms with Gasteiger partial charge in [-0.2, -0.15) is 0 Å². The van der Waals surface area contributed by atoms with Crippen molar-refractivity contribution in [1.82, 2.24) is 10.0 Å². The first-order valence-electron chi connectivity index (χ1n) is 7.00. The summed E-state index contributed by atoms with van der Waals surface area (Å²) in [5.74, 6) is 2.11. The van der Waals surface area contributed by atoms with E-state index in [1.54, 1.807) is 6.07 Å². The Hall–Kier alpha value is -2.79. The summed E-state index contributed by atoms with van der Waals surface area (Å²) in [4.78, 5) is 15.8. The van der Waals surface area contributed by atoms with E-state index in [-0.39, 0.29) is 37.0 Å². The highest BCUT2D eigenvalue weighted by molar-refractivity contribution is 7.91. The minimum atomic E-state index is -3.82. The van der Waals surface area contributed by atoms with Gasteiger partial charge in [-0.25, -0.2) is 8.42 Å². The second-order valence-corrected chi connectivity index (χ2v) is 6.33. The molecule has 0 aromatic carbocycles. The van der Waals surface area contributed by atoms with Crippen LogP contribution in [0.4, 0.5) is 0 Å². The van der Waals surface area contributed by atoms with E-state index in [1.165, 1.54) is 18.4 Å². The molecular weight excluding hydrogens is 330 g/mol. The van der Waals surface area contributed by atoms with Crippen molar-refractivity contribution in [3.63, 3.8) is 0 Å². The topological polar surface area (TPSA) is 101 Å². The summed E-state index contributed by atoms with van der Waals surface area (Å²) in [6, 6.07) is 3.14. The van der Waals surface area contributed by atoms with Crippen LogP contribution in [0.3, 0.4) is 0 Å². The van der Waals surface area contributed by atoms with Crippen LogP contribution in [-0.4, -0.2) is 38.5 Å². The van der Waals surface area contributed by atoms with Crippen LogP contribution >= 0.6 is 0 Å². The Morgan fingerprint density at radius 2 is 2.25 bits per heavy atom. The van der Waals surface area contributed by atoms with Crippen molar-refractivity contribution in [2.75, 3.05) is 13.1 Å². The quantitative estimate of drug-likeness (QED) is 0.229. The number of carbonyl (C=O) groups excluding carboxylic acids is 1. The third-order valence-corrected chi connectivity index (χ3v) is 4.27. The normalized spacial score (nSPS) is 12.7. The molecule has 128 valence electrons. The number of amides is 1. The van der Waals surface area contributed by atoms with E-state index < -0.39 is 15.3 Å². The number of hydrogen-bond acceptors (Lipinski definition) is 5. The Bertz CT molecular complexity index is 743. The maximum absolute atomic E-state index is 12.1. The first-order valence-corrected chi connectivity index (χ1v) is 8.55. The zero-order valence-corrected chi connectivity index (χ0v) is 13.9. The Balaban J connectivity index is 2.63. The average molecular weight is 349 g/mol. The summed E-state index contributed by atoms with van der Waals surface area (Å²) in [5.41, 5.74) is 0. The number of nitrogens with one attached hydrogen (secondary N) is 2. The van der Waals surface area contributed by atoms with E-state index >= 15 is 0 Å². The molecule has 0 aliphatic carbocycles. The smallest absolute Gasteiger partial charge is 0.287 e. The summed E-state index contributed by atoms with van der Waals surface area (Å²) < 4.78 is 31.4. The number of hydrogen-bond donors (Lipinski definition) is 2. The number of nitrogens with zero attached hydrogens (tertiary/aromatic N) is 1. The molecule has 0 fully saturated rings. The zero-order chi connectivity index (χ0) is 18.0. The van der Waals surface area contributed by atoms with Crippen molar-refractivity contribution in [2.45, 2.75) is 11.7 Å². The molecular formula is C16H19N3O4S. The highest BCUT2D eigenvalue weighted by atomic mass is 32.2. The van der Waals surface area contributed by atoms with Gasteiger partial charge in [0.25, 0.3) is 15.9 Å². The fourth-order valence-corrected chi connectivity index (χ4v) is 2.68. The Morgan fingerprint density at radius 3 is 2.79 bits per heavy atom. The van der Waals surface area contributed by atoms with Crippen molar-refractivity contribution in [3.05, 3.63) is 49.5 Å². The molecule has 1 amide bonds. The number of sulfonamides is 1. The largest absolute Gasteiger partial charge is 0.459 e. The number of furan rings is 1. The lowest BCUT2D eigenvalue weighted by molar-refractivity contribution is 0.0927. The third-order valence-electron chi connectivity index (χ3n) is 2.76. The summed E-state index contributed by atoms with van der Waals surface area (Å²) in [6.45, 7) is 7.32. The fourth-order valence-electron chi connectivity index (χ4n) is 1.64. The molecule has 0 radical (unpaired) electrons. The molecule has 1 heterocycles. The number of amidine groups is 1. The number of carbonyl (C=O) groups is 1. The second-order valence-electron chi connectivity index (χ2n) is 4.52. The molecule has 1 atom stereocenters. The highest BCUT2D eigenvalue weighted by Crippen LogP contribution is 2.01. The molecule has 1 unspecified atom stereocenters. The van der Waals surface area contributed by atoms with Gasteiger partial charge >= 0.3 is 0 Å². The molecule has 1 aromatic rings. The van der Waals surface area contributed by atoms with Gasteiger partial charge in [0.2, 0.25) is 0 Å². The lowest BCUT2D eigenvalue weighted by Gasteiger charge is -2.12. The van der Waals surface area contributed by atoms with Crippen LogP contribution in [0.25, 0.3) is 0 Å². The predicted molar refractivity (Wildman–Crippen MR) is 93.0 cm³/mol. The lowest BCUT2D eigenvalue weighted by atomic mass is 10.4. The summed E-state index contributed by atoms with van der Waals surface area (Å²) in [6.07, 6.45) is 9.42. The van der Waals surface area contributed by atoms with E-state index in [4.69, 9.17) is 10.8 Å². The molecule has 2 N–H and O–H groups in total. The molecule has 1 rings (SSSR count). The van der Waals surface area contributed by atoms with Crippen LogP contribution in [0, 0.1) is 12.3 Å². The minimum absolute atomic E-state index is 0.174. The second kappa shape index (κ2) is 9.37. The van der Waals surface area contributed by atoms with Crippen LogP contribution in [0.15, 0.2) is 53.1 Å². The summed E-state index contributed by atoms with van der Waals surface area (Å²) in [5, 5.41) is 1.44. The number of aliphatic imine (C=N–C) groups is 1. The van der Waals surface area contributed by atoms with Gasteiger partial charge in [-0.3, -0.25) is 14.5 Å². The zero-order valence-electron chi connectivity index (χ0n) is 13.1. The van der Waals surface area contributed by atoms with Gasteiger partial charge in [-0.05, 0) is 12.1 Å². The third kappa shape index (κ3) is 5.78. The van der Waals surface area contributed by atoms with Crippen molar-refractivity contribution in [3.8, 4) is 12.3 Å². The van der Waals surface area contributed by atoms with E-state index in [1.807, 2.05) is 0 Å². The Kier molecular flexibility index (Phi) is 7.52. The Morgan fingerprint density at radius 1 is 1.50 bits per heavy atom. The molecule has 0 saturated carbocycles. The summed E-state index contributed by atoms with van der Waals surface area (Å²) in [7, 11) is -3.82. The monoisotopic (exact) mass is 349 g/mol. The van der Waals surface area contributed by atoms with E-state index in [9.17, 15) is 13.2 Å². The van der Waals surface area contributed by atoms with Crippen molar-refractivity contribution >= 4 is 21.8 Å². The fraction of sp³-hybridized carbons (Fsp3) is 0.250. The molecule has 0 bridgehead atoms. The van der Waals surface area contributed by atoms with Crippen molar-refractivity contribution < 1.29 is 17.6 Å². The van der Waals surface area contributed by atoms with Crippen LogP contribution < -0.4 is 10.0 Å². The maximum atomic E-state index is 12.1. The highest BCUT2D eigenvalue weighted by Gasteiger charge is 2.21. The van der Waals surface area contributed by atoms with Crippen LogP contribution in [0.5, 0.6) is 0 Å². The lowest BCUT2D eigenvalue weighted by Crippen LogP contribution is -2.37. The minimum Gasteiger partial charge on any atom is -0.459 e. The van der Waals surface area contributed by atoms with E-state index in [2.05, 4.69) is 34.1 Å². The maximum Gasteiger partial charge on any atom is 0.287 e. The van der Waals surface area contributed by atoms with Gasteiger partial charge in [-0.1, -0.05) is 18.1 Å². The molecule has 0 aliphatic rings. The van der Waals surface area contributed by atoms with Gasteiger partial charge in [0.15, 0.2) is 11.0 Å². The average Bonchev–Trinajstić information content (AvgIpc) is 3.06. The van der Waals surface area contributed by atoms with Gasteiger partial charge in [0.1, 0.15) is 5.84 Å². The number of terminal acetylenes is 1. The van der Waals surface area contributed by atoms with Gasteiger partial charge in [0.05, 0.1) is 12.8 Å². The predicted octanol–water partition coefficient (Wildman–Crippen LogP) is 1.09. The molecule has 24 heavy (non-hydrogen) atoms. The molecule has 7 nitrogen and oxygen atoms in total. The van der Waals surface area contributed by atoms with E-state index in [0.29, 0.717) is 0 Å². The van der Waals surface area contributed by atoms with Crippen LogP contribution in [0.1, 0.15) is 17.0 Å². The Labute approximate surface area is 141 Å². The molecule has 1 aromatic heterocycles. The van der Waals surface area contributed by atoms with Crippen molar-refractivity contribution in [1.29, 1.82) is 0 Å². The molecule has 8 heteroatoms. The van der Waals surface area contributed by atoms with Gasteiger partial charge < -0.3 is 9.73 Å². The molecule has 0 saturated heterocycles. The summed E-state index contributed by atoms with van der Waals surface area (Å²) >= 11 is 0. The van der Waals surface area contributed by atoms with Crippen LogP contribution in [0.2, 0.25) is 0 Å².